The van der Waals surface area contributed by atoms with Crippen molar-refractivity contribution in [2.75, 3.05) is 0 Å². The fraction of sp³-hybridized carbons (Fsp3) is 0.733. The average molecular weight is 248 g/mol. The first kappa shape index (κ1) is 11.9. The van der Waals surface area contributed by atoms with Crippen LogP contribution in [0.25, 0.3) is 0 Å². The number of Topliss-reactive ketones (excluding diaryl/α,β-unsaturated/α-hetero) is 1. The molecule has 1 saturated carbocycles. The van der Waals surface area contributed by atoms with Gasteiger partial charge in [-0.15, -0.1) is 0 Å². The molecule has 3 aliphatic rings. The molecule has 3 rings (SSSR count). The van der Waals surface area contributed by atoms with E-state index in [1.807, 2.05) is 13.8 Å². The molecule has 0 aromatic heterocycles. The number of carbonyl (C=O) groups excluding carboxylic acids is 2. The van der Waals surface area contributed by atoms with Crippen molar-refractivity contribution in [3.63, 3.8) is 0 Å². The Morgan fingerprint density at radius 3 is 2.72 bits per heavy atom. The minimum absolute atomic E-state index is 0.0168. The zero-order valence-corrected chi connectivity index (χ0v) is 11.3. The van der Waals surface area contributed by atoms with E-state index in [0.717, 1.165) is 30.4 Å². The van der Waals surface area contributed by atoms with Gasteiger partial charge in [0.1, 0.15) is 6.10 Å². The van der Waals surface area contributed by atoms with Gasteiger partial charge in [-0.05, 0) is 42.7 Å². The SMILES string of the molecule is CC1=C2[C@H]3OC(=O)[C@H](C)[C@@H]3CC[C@@]2(C)CCC1=O. The van der Waals surface area contributed by atoms with Crippen LogP contribution in [-0.2, 0) is 14.3 Å². The van der Waals surface area contributed by atoms with Crippen molar-refractivity contribution in [1.82, 2.24) is 0 Å². The number of ketones is 1. The van der Waals surface area contributed by atoms with E-state index in [0.29, 0.717) is 6.42 Å². The fourth-order valence-electron chi connectivity index (χ4n) is 4.05. The van der Waals surface area contributed by atoms with Crippen LogP contribution in [0.3, 0.4) is 0 Å². The summed E-state index contributed by atoms with van der Waals surface area (Å²) in [7, 11) is 0. The van der Waals surface area contributed by atoms with Crippen LogP contribution in [0.2, 0.25) is 0 Å². The highest BCUT2D eigenvalue weighted by Crippen LogP contribution is 2.54. The number of ether oxygens (including phenoxy) is 1. The highest BCUT2D eigenvalue weighted by molar-refractivity contribution is 5.97. The number of rotatable bonds is 0. The summed E-state index contributed by atoms with van der Waals surface area (Å²) < 4.78 is 5.58. The predicted molar refractivity (Wildman–Crippen MR) is 66.8 cm³/mol. The molecule has 0 radical (unpaired) electrons. The molecule has 2 aliphatic carbocycles. The lowest BCUT2D eigenvalue weighted by Gasteiger charge is -2.45. The van der Waals surface area contributed by atoms with Gasteiger partial charge in [0, 0.05) is 12.3 Å². The molecule has 0 bridgehead atoms. The molecular formula is C15H20O3. The van der Waals surface area contributed by atoms with E-state index in [1.54, 1.807) is 0 Å². The monoisotopic (exact) mass is 248 g/mol. The van der Waals surface area contributed by atoms with Crippen molar-refractivity contribution in [2.45, 2.75) is 52.6 Å². The molecule has 3 nitrogen and oxygen atoms in total. The number of allylic oxidation sites excluding steroid dienone is 1. The third-order valence-electron chi connectivity index (χ3n) is 5.34. The van der Waals surface area contributed by atoms with Crippen LogP contribution in [-0.4, -0.2) is 17.9 Å². The van der Waals surface area contributed by atoms with Gasteiger partial charge >= 0.3 is 5.97 Å². The molecule has 0 unspecified atom stereocenters. The number of fused-ring (bicyclic) bond motifs is 3. The van der Waals surface area contributed by atoms with Crippen LogP contribution in [0.4, 0.5) is 0 Å². The largest absolute Gasteiger partial charge is 0.457 e. The smallest absolute Gasteiger partial charge is 0.309 e. The molecular weight excluding hydrogens is 228 g/mol. The topological polar surface area (TPSA) is 43.4 Å². The summed E-state index contributed by atoms with van der Waals surface area (Å²) in [4.78, 5) is 23.7. The van der Waals surface area contributed by atoms with Crippen LogP contribution in [0.5, 0.6) is 0 Å². The van der Waals surface area contributed by atoms with Crippen LogP contribution < -0.4 is 0 Å². The third kappa shape index (κ3) is 1.42. The summed E-state index contributed by atoms with van der Waals surface area (Å²) in [5.41, 5.74) is 2.07. The summed E-state index contributed by atoms with van der Waals surface area (Å²) >= 11 is 0. The number of hydrogen-bond donors (Lipinski definition) is 0. The van der Waals surface area contributed by atoms with E-state index in [4.69, 9.17) is 4.74 Å². The van der Waals surface area contributed by atoms with E-state index in [-0.39, 0.29) is 35.1 Å². The molecule has 1 saturated heterocycles. The van der Waals surface area contributed by atoms with Crippen molar-refractivity contribution in [3.8, 4) is 0 Å². The fourth-order valence-corrected chi connectivity index (χ4v) is 4.05. The highest BCUT2D eigenvalue weighted by Gasteiger charge is 2.53. The van der Waals surface area contributed by atoms with Gasteiger partial charge in [0.25, 0.3) is 0 Å². The van der Waals surface area contributed by atoms with Gasteiger partial charge in [-0.25, -0.2) is 0 Å². The van der Waals surface area contributed by atoms with Gasteiger partial charge in [0.15, 0.2) is 5.78 Å². The molecule has 2 fully saturated rings. The predicted octanol–water partition coefficient (Wildman–Crippen LogP) is 2.64. The Kier molecular flexibility index (Phi) is 2.45. The van der Waals surface area contributed by atoms with E-state index >= 15 is 0 Å². The van der Waals surface area contributed by atoms with Crippen LogP contribution in [0, 0.1) is 17.3 Å². The Labute approximate surface area is 108 Å². The van der Waals surface area contributed by atoms with E-state index in [1.165, 1.54) is 0 Å². The van der Waals surface area contributed by atoms with Crippen molar-refractivity contribution in [2.24, 2.45) is 17.3 Å². The molecule has 1 heterocycles. The van der Waals surface area contributed by atoms with Crippen LogP contribution in [0.1, 0.15) is 46.5 Å². The van der Waals surface area contributed by atoms with E-state index in [2.05, 4.69) is 6.92 Å². The molecule has 0 aromatic carbocycles. The first-order chi connectivity index (χ1) is 8.44. The second-order valence-electron chi connectivity index (χ2n) is 6.37. The maximum Gasteiger partial charge on any atom is 0.309 e. The maximum absolute atomic E-state index is 11.9. The summed E-state index contributed by atoms with van der Waals surface area (Å²) in [5.74, 6) is 0.407. The second-order valence-corrected chi connectivity index (χ2v) is 6.37. The quantitative estimate of drug-likeness (QED) is 0.619. The molecule has 0 amide bonds. The molecule has 18 heavy (non-hydrogen) atoms. The van der Waals surface area contributed by atoms with Crippen molar-refractivity contribution >= 4 is 11.8 Å². The first-order valence-electron chi connectivity index (χ1n) is 6.89. The number of carbonyl (C=O) groups is 2. The minimum Gasteiger partial charge on any atom is -0.457 e. The summed E-state index contributed by atoms with van der Waals surface area (Å²) in [6.07, 6.45) is 3.55. The zero-order valence-electron chi connectivity index (χ0n) is 11.3. The number of esters is 1. The Morgan fingerprint density at radius 1 is 1.28 bits per heavy atom. The maximum atomic E-state index is 11.9. The molecule has 3 heteroatoms. The van der Waals surface area contributed by atoms with Gasteiger partial charge in [-0.2, -0.15) is 0 Å². The summed E-state index contributed by atoms with van der Waals surface area (Å²) in [6, 6.07) is 0. The lowest BCUT2D eigenvalue weighted by atomic mass is 9.59. The van der Waals surface area contributed by atoms with Gasteiger partial charge < -0.3 is 4.74 Å². The van der Waals surface area contributed by atoms with Gasteiger partial charge in [0.2, 0.25) is 0 Å². The van der Waals surface area contributed by atoms with Crippen LogP contribution >= 0.6 is 0 Å². The standard InChI is InChI=1S/C15H20O3/c1-8-10-4-6-15(3)7-5-11(16)9(2)12(15)13(10)18-14(8)17/h8,10,13H,4-7H2,1-3H3/t8-,10+,13+,15+/m1/s1. The third-order valence-corrected chi connectivity index (χ3v) is 5.34. The van der Waals surface area contributed by atoms with Crippen LogP contribution in [0.15, 0.2) is 11.1 Å². The number of hydrogen-bond acceptors (Lipinski definition) is 3. The zero-order chi connectivity index (χ0) is 13.1. The second kappa shape index (κ2) is 3.69. The van der Waals surface area contributed by atoms with Crippen molar-refractivity contribution in [1.29, 1.82) is 0 Å². The molecule has 0 N–H and O–H groups in total. The van der Waals surface area contributed by atoms with Gasteiger partial charge in [-0.1, -0.05) is 13.8 Å². The van der Waals surface area contributed by atoms with Gasteiger partial charge in [-0.3, -0.25) is 9.59 Å². The van der Waals surface area contributed by atoms with Crippen molar-refractivity contribution in [3.05, 3.63) is 11.1 Å². The molecule has 4 atom stereocenters. The van der Waals surface area contributed by atoms with E-state index in [9.17, 15) is 9.59 Å². The Bertz CT molecular complexity index is 462. The minimum atomic E-state index is -0.129. The molecule has 1 aliphatic heterocycles. The van der Waals surface area contributed by atoms with Crippen molar-refractivity contribution < 1.29 is 14.3 Å². The molecule has 0 aromatic rings. The Hall–Kier alpha value is -1.12. The first-order valence-corrected chi connectivity index (χ1v) is 6.89. The normalized spacial score (nSPS) is 43.6. The average Bonchev–Trinajstić information content (AvgIpc) is 2.60. The Balaban J connectivity index is 2.09. The molecule has 0 spiro atoms. The summed E-state index contributed by atoms with van der Waals surface area (Å²) in [6.45, 7) is 6.09. The highest BCUT2D eigenvalue weighted by atomic mass is 16.6. The van der Waals surface area contributed by atoms with Gasteiger partial charge in [0.05, 0.1) is 5.92 Å². The lowest BCUT2D eigenvalue weighted by molar-refractivity contribution is -0.143. The van der Waals surface area contributed by atoms with E-state index < -0.39 is 0 Å². The summed E-state index contributed by atoms with van der Waals surface area (Å²) in [5, 5.41) is 0. The molecule has 98 valence electrons. The lowest BCUT2D eigenvalue weighted by Crippen LogP contribution is -2.41. The Morgan fingerprint density at radius 2 is 2.00 bits per heavy atom.